The van der Waals surface area contributed by atoms with Gasteiger partial charge in [-0.2, -0.15) is 5.01 Å². The molecule has 0 spiro atoms. The van der Waals surface area contributed by atoms with Gasteiger partial charge in [-0.3, -0.25) is 29.3 Å². The van der Waals surface area contributed by atoms with Gasteiger partial charge in [0.1, 0.15) is 22.0 Å². The van der Waals surface area contributed by atoms with E-state index < -0.39 is 66.9 Å². The van der Waals surface area contributed by atoms with Gasteiger partial charge in [0.15, 0.2) is 10.1 Å². The monoisotopic (exact) mass is 803 g/mol. The molecule has 3 amide bonds. The average molecular weight is 807 g/mol. The lowest BCUT2D eigenvalue weighted by Gasteiger charge is -2.36. The number of fused-ring (bicyclic) bond motifs is 5. The van der Waals surface area contributed by atoms with E-state index in [1.165, 1.54) is 60.7 Å². The number of nitro groups is 1. The van der Waals surface area contributed by atoms with E-state index in [1.807, 2.05) is 0 Å². The Balaban J connectivity index is 1.28. The van der Waals surface area contributed by atoms with Gasteiger partial charge in [-0.05, 0) is 60.7 Å². The largest absolute Gasteiger partial charge is 0.423 e. The van der Waals surface area contributed by atoms with E-state index in [9.17, 15) is 34.1 Å². The number of carbonyl (C=O) groups excluding carboxylic acids is 5. The third-order valence-electron chi connectivity index (χ3n) is 8.45. The molecule has 2 bridgehead atoms. The van der Waals surface area contributed by atoms with Gasteiger partial charge in [-0.1, -0.05) is 58.0 Å². The second-order valence-electron chi connectivity index (χ2n) is 11.1. The molecule has 2 fully saturated rings. The van der Waals surface area contributed by atoms with Crippen molar-refractivity contribution in [2.75, 3.05) is 6.54 Å². The first kappa shape index (κ1) is 35.4. The standard InChI is InChI=1S/C31H16Cl7N3O8/c32-17-7-1-15(2-8-17)25(43)39(40-26(44)21-22(27(40)45)30(36)24(34)23(33)29(21,35)31(30,37)38)13-20(42)14-5-11-19(12-6-14)49-28(46)16-3-9-18(10-4-16)41(47)48/h1-12,21-22H,13H2/t21-,22+,29-,30-/m1/s1. The number of hydrazine groups is 1. The Morgan fingerprint density at radius 3 is 1.71 bits per heavy atom. The zero-order valence-electron chi connectivity index (χ0n) is 24.0. The second-order valence-corrected chi connectivity index (χ2v) is 14.8. The van der Waals surface area contributed by atoms with Crippen LogP contribution in [0.25, 0.3) is 0 Å². The van der Waals surface area contributed by atoms with Gasteiger partial charge in [0, 0.05) is 28.3 Å². The molecule has 18 heteroatoms. The summed E-state index contributed by atoms with van der Waals surface area (Å²) < 4.78 is 3.07. The van der Waals surface area contributed by atoms with Crippen LogP contribution in [0.5, 0.6) is 5.75 Å². The minimum Gasteiger partial charge on any atom is -0.423 e. The SMILES string of the molecule is O=C(CN(C(=O)c1ccc(Cl)cc1)N1C(=O)[C@@H]2[C@H](C1=O)[C@@]1(Cl)C(Cl)=C(Cl)[C@@]2(Cl)C1(Cl)Cl)c1ccc(OC(=O)c2ccc([N+](=O)[O-])cc2)cc1. The lowest BCUT2D eigenvalue weighted by atomic mass is 9.84. The number of esters is 1. The number of amides is 3. The molecule has 1 saturated heterocycles. The van der Waals surface area contributed by atoms with Crippen molar-refractivity contribution in [3.8, 4) is 5.75 Å². The number of nitrogens with zero attached hydrogens (tertiary/aromatic N) is 3. The molecule has 3 aromatic carbocycles. The minimum atomic E-state index is -2.21. The Morgan fingerprint density at radius 2 is 1.22 bits per heavy atom. The number of imide groups is 1. The molecule has 252 valence electrons. The smallest absolute Gasteiger partial charge is 0.343 e. The van der Waals surface area contributed by atoms with Crippen LogP contribution in [0.3, 0.4) is 0 Å². The number of rotatable bonds is 8. The number of Topliss-reactive ketones (excluding diaryl/α,β-unsaturated/α-hetero) is 1. The number of halogens is 7. The molecule has 2 aliphatic carbocycles. The number of ketones is 1. The zero-order valence-corrected chi connectivity index (χ0v) is 29.3. The van der Waals surface area contributed by atoms with Crippen LogP contribution in [0.2, 0.25) is 5.02 Å². The topological polar surface area (TPSA) is 144 Å². The van der Waals surface area contributed by atoms with Crippen molar-refractivity contribution in [3.05, 3.63) is 115 Å². The summed E-state index contributed by atoms with van der Waals surface area (Å²) in [5.74, 6) is -7.71. The molecule has 0 N–H and O–H groups in total. The molecular weight excluding hydrogens is 791 g/mol. The van der Waals surface area contributed by atoms with Crippen molar-refractivity contribution < 1.29 is 33.6 Å². The third kappa shape index (κ3) is 5.21. The first-order valence-corrected chi connectivity index (χ1v) is 16.5. The number of benzene rings is 3. The summed E-state index contributed by atoms with van der Waals surface area (Å²) in [5, 5.41) is 11.6. The molecule has 6 rings (SSSR count). The van der Waals surface area contributed by atoms with Crippen LogP contribution in [0.4, 0.5) is 5.69 Å². The Bertz CT molecular complexity index is 1960. The summed E-state index contributed by atoms with van der Waals surface area (Å²) in [4.78, 5) is 74.1. The number of hydrogen-bond donors (Lipinski definition) is 0. The Morgan fingerprint density at radius 1 is 0.755 bits per heavy atom. The highest BCUT2D eigenvalue weighted by Crippen LogP contribution is 2.77. The van der Waals surface area contributed by atoms with Crippen LogP contribution in [0.1, 0.15) is 31.1 Å². The number of ether oxygens (including phenoxy) is 1. The molecule has 0 unspecified atom stereocenters. The highest BCUT2D eigenvalue weighted by atomic mass is 35.5. The zero-order chi connectivity index (χ0) is 35.8. The lowest BCUT2D eigenvalue weighted by molar-refractivity contribution is -0.384. The molecule has 1 saturated carbocycles. The second kappa shape index (κ2) is 12.4. The van der Waals surface area contributed by atoms with Crippen molar-refractivity contribution in [3.63, 3.8) is 0 Å². The number of carbonyl (C=O) groups is 5. The number of nitro benzene ring substituents is 1. The van der Waals surface area contributed by atoms with E-state index in [0.29, 0.717) is 10.0 Å². The Kier molecular flexibility index (Phi) is 8.97. The fourth-order valence-corrected chi connectivity index (χ4v) is 9.07. The molecule has 3 aliphatic rings. The molecule has 11 nitrogen and oxygen atoms in total. The fourth-order valence-electron chi connectivity index (χ4n) is 6.01. The summed E-state index contributed by atoms with van der Waals surface area (Å²) in [6.07, 6.45) is 0. The molecule has 1 heterocycles. The third-order valence-corrected chi connectivity index (χ3v) is 13.0. The van der Waals surface area contributed by atoms with E-state index >= 15 is 0 Å². The van der Waals surface area contributed by atoms with Crippen molar-refractivity contribution in [2.45, 2.75) is 14.1 Å². The van der Waals surface area contributed by atoms with Crippen LogP contribution in [-0.4, -0.2) is 65.0 Å². The van der Waals surface area contributed by atoms with Gasteiger partial charge in [0.2, 0.25) is 0 Å². The highest BCUT2D eigenvalue weighted by molar-refractivity contribution is 6.66. The van der Waals surface area contributed by atoms with E-state index in [1.54, 1.807) is 0 Å². The van der Waals surface area contributed by atoms with Crippen LogP contribution in [0.15, 0.2) is 82.9 Å². The summed E-state index contributed by atoms with van der Waals surface area (Å²) >= 11 is 45.5. The molecular formula is C31H16Cl7N3O8. The van der Waals surface area contributed by atoms with Crippen molar-refractivity contribution >= 4 is 116 Å². The van der Waals surface area contributed by atoms with Gasteiger partial charge in [0.25, 0.3) is 23.4 Å². The van der Waals surface area contributed by atoms with Gasteiger partial charge in [0.05, 0.1) is 32.4 Å². The predicted molar refractivity (Wildman–Crippen MR) is 180 cm³/mol. The van der Waals surface area contributed by atoms with Crippen molar-refractivity contribution in [1.29, 1.82) is 0 Å². The van der Waals surface area contributed by atoms with E-state index in [4.69, 9.17) is 85.9 Å². The molecule has 4 atom stereocenters. The lowest BCUT2D eigenvalue weighted by Crippen LogP contribution is -2.56. The van der Waals surface area contributed by atoms with E-state index in [2.05, 4.69) is 0 Å². The summed E-state index contributed by atoms with van der Waals surface area (Å²) in [7, 11) is 0. The fraction of sp³-hybridized carbons (Fsp3) is 0.194. The van der Waals surface area contributed by atoms with Crippen LogP contribution >= 0.6 is 81.2 Å². The first-order chi connectivity index (χ1) is 23.0. The van der Waals surface area contributed by atoms with Gasteiger partial charge in [-0.25, -0.2) is 9.80 Å². The summed E-state index contributed by atoms with van der Waals surface area (Å²) in [5.41, 5.74) is -0.211. The molecule has 0 radical (unpaired) electrons. The maximum Gasteiger partial charge on any atom is 0.343 e. The van der Waals surface area contributed by atoms with Gasteiger partial charge < -0.3 is 4.74 Å². The predicted octanol–water partition coefficient (Wildman–Crippen LogP) is 7.15. The summed E-state index contributed by atoms with van der Waals surface area (Å²) in [6.45, 7) is -0.841. The Hall–Kier alpha value is -3.42. The van der Waals surface area contributed by atoms with Crippen LogP contribution in [0, 0.1) is 22.0 Å². The normalized spacial score (nSPS) is 25.0. The van der Waals surface area contributed by atoms with E-state index in [0.717, 1.165) is 12.1 Å². The maximum absolute atomic E-state index is 14.1. The van der Waals surface area contributed by atoms with E-state index in [-0.39, 0.29) is 43.2 Å². The van der Waals surface area contributed by atoms with Crippen LogP contribution in [-0.2, 0) is 9.59 Å². The minimum absolute atomic E-state index is 0.000634. The first-order valence-electron chi connectivity index (χ1n) is 13.8. The van der Waals surface area contributed by atoms with Crippen molar-refractivity contribution in [1.82, 2.24) is 10.0 Å². The summed E-state index contributed by atoms with van der Waals surface area (Å²) in [6, 6.07) is 15.3. The average Bonchev–Trinajstić information content (AvgIpc) is 3.46. The molecule has 49 heavy (non-hydrogen) atoms. The molecule has 3 aromatic rings. The van der Waals surface area contributed by atoms with Crippen LogP contribution < -0.4 is 4.74 Å². The number of alkyl halides is 4. The highest BCUT2D eigenvalue weighted by Gasteiger charge is 2.88. The molecule has 1 aliphatic heterocycles. The number of allylic oxidation sites excluding steroid dienone is 2. The number of non-ortho nitro benzene ring substituents is 1. The van der Waals surface area contributed by atoms with Gasteiger partial charge in [-0.15, -0.1) is 23.2 Å². The van der Waals surface area contributed by atoms with Gasteiger partial charge >= 0.3 is 5.97 Å². The Labute approximate surface area is 311 Å². The molecule has 0 aromatic heterocycles. The van der Waals surface area contributed by atoms with Crippen molar-refractivity contribution in [2.24, 2.45) is 11.8 Å². The maximum atomic E-state index is 14.1. The number of hydrogen-bond acceptors (Lipinski definition) is 8. The quantitative estimate of drug-likeness (QED) is 0.0444.